The van der Waals surface area contributed by atoms with E-state index >= 15 is 0 Å². The molecule has 132 valence electrons. The molecule has 0 radical (unpaired) electrons. The van der Waals surface area contributed by atoms with Crippen molar-refractivity contribution >= 4 is 11.9 Å². The Hall–Kier alpha value is -1.10. The van der Waals surface area contributed by atoms with Gasteiger partial charge in [0.2, 0.25) is 5.91 Å². The molecule has 0 aromatic carbocycles. The molecule has 0 aromatic rings. The Morgan fingerprint density at radius 3 is 1.55 bits per heavy atom. The summed E-state index contributed by atoms with van der Waals surface area (Å²) in [5, 5.41) is 10.3. The van der Waals surface area contributed by atoms with Gasteiger partial charge < -0.3 is 16.2 Å². The van der Waals surface area contributed by atoms with Crippen LogP contribution in [0.5, 0.6) is 0 Å². The molecule has 0 unspecified atom stereocenters. The predicted octanol–water partition coefficient (Wildman–Crippen LogP) is 3.46. The van der Waals surface area contributed by atoms with Gasteiger partial charge in [-0.15, -0.1) is 0 Å². The summed E-state index contributed by atoms with van der Waals surface area (Å²) in [4.78, 5) is 20.0. The second kappa shape index (κ2) is 19.9. The van der Waals surface area contributed by atoms with E-state index in [1.54, 1.807) is 7.05 Å². The van der Waals surface area contributed by atoms with Crippen LogP contribution < -0.4 is 11.1 Å². The van der Waals surface area contributed by atoms with E-state index < -0.39 is 5.97 Å². The highest BCUT2D eigenvalue weighted by Gasteiger charge is 1.95. The molecule has 0 rings (SSSR count). The van der Waals surface area contributed by atoms with Crippen LogP contribution in [0.15, 0.2) is 0 Å². The lowest BCUT2D eigenvalue weighted by molar-refractivity contribution is -0.135. The summed E-state index contributed by atoms with van der Waals surface area (Å²) in [6.45, 7) is 2.30. The molecule has 0 heterocycles. The summed E-state index contributed by atoms with van der Waals surface area (Å²) in [6.07, 6.45) is 15.0. The predicted molar refractivity (Wildman–Crippen MR) is 91.8 cm³/mol. The van der Waals surface area contributed by atoms with E-state index in [4.69, 9.17) is 10.8 Å². The summed E-state index contributed by atoms with van der Waals surface area (Å²) >= 11 is 0. The maximum absolute atomic E-state index is 10.5. The van der Waals surface area contributed by atoms with Crippen molar-refractivity contribution in [2.24, 2.45) is 5.73 Å². The van der Waals surface area contributed by atoms with Crippen LogP contribution in [0, 0.1) is 0 Å². The minimum absolute atomic E-state index is 0.0417. The molecule has 0 saturated carbocycles. The standard InChI is InChI=1S/C14H29NO.C3H7NO2/c1-2-3-4-5-6-7-8-9-10-11-12-13-14(15)16;1-4-2-3(5)6/h2-13H2,1H3,(H2,15,16);4H,2H2,1H3,(H,5,6). The quantitative estimate of drug-likeness (QED) is 0.428. The number of hydrogen-bond donors (Lipinski definition) is 3. The molecule has 0 atom stereocenters. The van der Waals surface area contributed by atoms with E-state index in [9.17, 15) is 9.59 Å². The van der Waals surface area contributed by atoms with Gasteiger partial charge in [0.05, 0.1) is 6.54 Å². The average molecular weight is 316 g/mol. The second-order valence-corrected chi connectivity index (χ2v) is 5.68. The largest absolute Gasteiger partial charge is 0.480 e. The topological polar surface area (TPSA) is 92.4 Å². The van der Waals surface area contributed by atoms with Gasteiger partial charge in [-0.3, -0.25) is 9.59 Å². The Kier molecular flexibility index (Phi) is 21.0. The van der Waals surface area contributed by atoms with Crippen molar-refractivity contribution in [3.63, 3.8) is 0 Å². The van der Waals surface area contributed by atoms with E-state index in [1.165, 1.54) is 64.2 Å². The Labute approximate surface area is 136 Å². The minimum Gasteiger partial charge on any atom is -0.480 e. The maximum atomic E-state index is 10.5. The van der Waals surface area contributed by atoms with Crippen LogP contribution >= 0.6 is 0 Å². The number of primary amides is 1. The molecule has 0 aliphatic rings. The molecule has 0 aliphatic carbocycles. The number of amides is 1. The number of aliphatic carboxylic acids is 1. The first-order chi connectivity index (χ1) is 10.5. The lowest BCUT2D eigenvalue weighted by Crippen LogP contribution is -2.16. The van der Waals surface area contributed by atoms with E-state index in [1.807, 2.05) is 0 Å². The first-order valence-corrected chi connectivity index (χ1v) is 8.69. The van der Waals surface area contributed by atoms with Crippen LogP contribution in [0.25, 0.3) is 0 Å². The van der Waals surface area contributed by atoms with Gasteiger partial charge in [-0.2, -0.15) is 0 Å². The zero-order chi connectivity index (χ0) is 17.1. The Bertz CT molecular complexity index is 258. The van der Waals surface area contributed by atoms with Gasteiger partial charge in [-0.05, 0) is 13.5 Å². The lowest BCUT2D eigenvalue weighted by Gasteiger charge is -2.01. The molecule has 5 heteroatoms. The van der Waals surface area contributed by atoms with E-state index in [2.05, 4.69) is 12.2 Å². The molecule has 0 bridgehead atoms. The van der Waals surface area contributed by atoms with Crippen LogP contribution in [0.1, 0.15) is 84.0 Å². The van der Waals surface area contributed by atoms with E-state index in [-0.39, 0.29) is 12.5 Å². The number of carbonyl (C=O) groups is 2. The molecule has 0 aliphatic heterocycles. The fourth-order valence-corrected chi connectivity index (χ4v) is 2.11. The van der Waals surface area contributed by atoms with Crippen LogP contribution in [0.4, 0.5) is 0 Å². The summed E-state index contributed by atoms with van der Waals surface area (Å²) in [5.74, 6) is -0.978. The second-order valence-electron chi connectivity index (χ2n) is 5.68. The SMILES string of the molecule is CCCCCCCCCCCCCC(N)=O.CNCC(=O)O. The molecule has 0 spiro atoms. The van der Waals surface area contributed by atoms with E-state index in [0.717, 1.165) is 6.42 Å². The molecule has 0 aromatic heterocycles. The van der Waals surface area contributed by atoms with Gasteiger partial charge in [0.1, 0.15) is 0 Å². The third kappa shape index (κ3) is 27.3. The summed E-state index contributed by atoms with van der Waals surface area (Å²) in [7, 11) is 1.59. The molecule has 5 nitrogen and oxygen atoms in total. The molecule has 22 heavy (non-hydrogen) atoms. The van der Waals surface area contributed by atoms with Gasteiger partial charge in [0.15, 0.2) is 0 Å². The number of carboxylic acid groups (broad SMARTS) is 1. The Morgan fingerprint density at radius 2 is 1.27 bits per heavy atom. The summed E-state index contributed by atoms with van der Waals surface area (Å²) in [6, 6.07) is 0. The molecule has 1 amide bonds. The van der Waals surface area contributed by atoms with Crippen molar-refractivity contribution in [2.75, 3.05) is 13.6 Å². The molecule has 0 saturated heterocycles. The van der Waals surface area contributed by atoms with Crippen LogP contribution in [0.3, 0.4) is 0 Å². The Balaban J connectivity index is 0. The summed E-state index contributed by atoms with van der Waals surface area (Å²) < 4.78 is 0. The third-order valence-electron chi connectivity index (χ3n) is 3.35. The van der Waals surface area contributed by atoms with Crippen molar-refractivity contribution in [1.29, 1.82) is 0 Å². The normalized spacial score (nSPS) is 9.91. The highest BCUT2D eigenvalue weighted by Crippen LogP contribution is 2.11. The fraction of sp³-hybridized carbons (Fsp3) is 0.882. The van der Waals surface area contributed by atoms with Gasteiger partial charge in [0.25, 0.3) is 0 Å². The van der Waals surface area contributed by atoms with Gasteiger partial charge in [0, 0.05) is 6.42 Å². The van der Waals surface area contributed by atoms with Crippen molar-refractivity contribution in [2.45, 2.75) is 84.0 Å². The van der Waals surface area contributed by atoms with E-state index in [0.29, 0.717) is 6.42 Å². The number of likely N-dealkylation sites (N-methyl/N-ethyl adjacent to an activating group) is 1. The van der Waals surface area contributed by atoms with Crippen LogP contribution in [-0.2, 0) is 9.59 Å². The zero-order valence-corrected chi connectivity index (χ0v) is 14.5. The smallest absolute Gasteiger partial charge is 0.317 e. The highest BCUT2D eigenvalue weighted by atomic mass is 16.4. The monoisotopic (exact) mass is 316 g/mol. The van der Waals surface area contributed by atoms with Gasteiger partial charge >= 0.3 is 5.97 Å². The maximum Gasteiger partial charge on any atom is 0.317 e. The van der Waals surface area contributed by atoms with Crippen molar-refractivity contribution in [3.8, 4) is 0 Å². The lowest BCUT2D eigenvalue weighted by atomic mass is 10.1. The minimum atomic E-state index is -0.822. The molecule has 0 fully saturated rings. The van der Waals surface area contributed by atoms with Crippen molar-refractivity contribution in [3.05, 3.63) is 0 Å². The first kappa shape index (κ1) is 23.2. The Morgan fingerprint density at radius 1 is 0.864 bits per heavy atom. The van der Waals surface area contributed by atoms with Crippen molar-refractivity contribution < 1.29 is 14.7 Å². The number of rotatable bonds is 14. The number of nitrogens with two attached hydrogens (primary N) is 1. The average Bonchev–Trinajstić information content (AvgIpc) is 2.45. The number of carbonyl (C=O) groups excluding carboxylic acids is 1. The van der Waals surface area contributed by atoms with Crippen LogP contribution in [-0.4, -0.2) is 30.6 Å². The van der Waals surface area contributed by atoms with Crippen LogP contribution in [0.2, 0.25) is 0 Å². The van der Waals surface area contributed by atoms with Crippen molar-refractivity contribution in [1.82, 2.24) is 5.32 Å². The molecular weight excluding hydrogens is 280 g/mol. The number of nitrogens with one attached hydrogen (secondary N) is 1. The number of unbranched alkanes of at least 4 members (excludes halogenated alkanes) is 10. The fourth-order valence-electron chi connectivity index (χ4n) is 2.11. The third-order valence-corrected chi connectivity index (χ3v) is 3.35. The zero-order valence-electron chi connectivity index (χ0n) is 14.5. The number of carboxylic acids is 1. The number of hydrogen-bond acceptors (Lipinski definition) is 3. The first-order valence-electron chi connectivity index (χ1n) is 8.69. The highest BCUT2D eigenvalue weighted by molar-refractivity contribution is 5.73. The molecular formula is C17H36N2O3. The van der Waals surface area contributed by atoms with Gasteiger partial charge in [-0.25, -0.2) is 0 Å². The molecule has 4 N–H and O–H groups in total. The van der Waals surface area contributed by atoms with Gasteiger partial charge in [-0.1, -0.05) is 71.1 Å². The summed E-state index contributed by atoms with van der Waals surface area (Å²) in [5.41, 5.74) is 5.07.